The lowest BCUT2D eigenvalue weighted by Gasteiger charge is -2.28. The van der Waals surface area contributed by atoms with Crippen molar-refractivity contribution in [3.63, 3.8) is 0 Å². The summed E-state index contributed by atoms with van der Waals surface area (Å²) in [6.45, 7) is 2.30. The lowest BCUT2D eigenvalue weighted by Crippen LogP contribution is -2.38. The fourth-order valence-corrected chi connectivity index (χ4v) is 2.69. The van der Waals surface area contributed by atoms with Gasteiger partial charge in [-0.2, -0.15) is 0 Å². The van der Waals surface area contributed by atoms with E-state index in [1.54, 1.807) is 0 Å². The first-order chi connectivity index (χ1) is 8.36. The summed E-state index contributed by atoms with van der Waals surface area (Å²) >= 11 is 0. The van der Waals surface area contributed by atoms with Crippen LogP contribution in [0.2, 0.25) is 0 Å². The molecular formula is C15H24N2. The predicted octanol–water partition coefficient (Wildman–Crippen LogP) is 2.34. The van der Waals surface area contributed by atoms with E-state index in [9.17, 15) is 0 Å². The average Bonchev–Trinajstić information content (AvgIpc) is 2.41. The summed E-state index contributed by atoms with van der Waals surface area (Å²) in [5, 5.41) is 3.40. The van der Waals surface area contributed by atoms with E-state index < -0.39 is 0 Å². The van der Waals surface area contributed by atoms with Gasteiger partial charge in [0.1, 0.15) is 0 Å². The molecule has 0 aliphatic carbocycles. The minimum atomic E-state index is 0.404. The van der Waals surface area contributed by atoms with Crippen molar-refractivity contribution in [2.24, 2.45) is 11.7 Å². The Bertz CT molecular complexity index is 304. The maximum Gasteiger partial charge on any atom is 0.00682 e. The van der Waals surface area contributed by atoms with Gasteiger partial charge in [0.2, 0.25) is 0 Å². The van der Waals surface area contributed by atoms with Crippen molar-refractivity contribution < 1.29 is 0 Å². The number of hydrogen-bond acceptors (Lipinski definition) is 2. The number of rotatable bonds is 5. The molecule has 1 fully saturated rings. The Hall–Kier alpha value is -0.860. The largest absolute Gasteiger partial charge is 0.327 e. The second-order valence-corrected chi connectivity index (χ2v) is 5.13. The molecule has 0 amide bonds. The van der Waals surface area contributed by atoms with Crippen LogP contribution < -0.4 is 11.1 Å². The van der Waals surface area contributed by atoms with Crippen molar-refractivity contribution in [1.82, 2.24) is 5.32 Å². The highest BCUT2D eigenvalue weighted by Gasteiger charge is 2.19. The van der Waals surface area contributed by atoms with Crippen molar-refractivity contribution in [3.05, 3.63) is 35.9 Å². The molecule has 17 heavy (non-hydrogen) atoms. The Balaban J connectivity index is 1.67. The summed E-state index contributed by atoms with van der Waals surface area (Å²) in [5.41, 5.74) is 7.72. The van der Waals surface area contributed by atoms with Crippen LogP contribution in [0.15, 0.2) is 30.3 Å². The second-order valence-electron chi connectivity index (χ2n) is 5.13. The molecule has 1 saturated heterocycles. The fraction of sp³-hybridized carbons (Fsp3) is 0.600. The van der Waals surface area contributed by atoms with Crippen LogP contribution in [-0.4, -0.2) is 19.1 Å². The summed E-state index contributed by atoms with van der Waals surface area (Å²) in [6.07, 6.45) is 6.06. The molecule has 2 rings (SSSR count). The highest BCUT2D eigenvalue weighted by atomic mass is 14.9. The van der Waals surface area contributed by atoms with Crippen molar-refractivity contribution in [2.45, 2.75) is 38.1 Å². The molecule has 1 atom stereocenters. The summed E-state index contributed by atoms with van der Waals surface area (Å²) in [5.74, 6) is 0.743. The maximum absolute atomic E-state index is 6.28. The number of benzene rings is 1. The van der Waals surface area contributed by atoms with Gasteiger partial charge in [0, 0.05) is 6.04 Å². The minimum absolute atomic E-state index is 0.404. The zero-order valence-corrected chi connectivity index (χ0v) is 10.6. The summed E-state index contributed by atoms with van der Waals surface area (Å²) < 4.78 is 0. The van der Waals surface area contributed by atoms with Crippen LogP contribution >= 0.6 is 0 Å². The molecule has 1 aromatic carbocycles. The first kappa shape index (κ1) is 12.6. The quantitative estimate of drug-likeness (QED) is 0.817. The molecule has 1 heterocycles. The van der Waals surface area contributed by atoms with Crippen molar-refractivity contribution in [1.29, 1.82) is 0 Å². The van der Waals surface area contributed by atoms with E-state index >= 15 is 0 Å². The van der Waals surface area contributed by atoms with Gasteiger partial charge in [-0.1, -0.05) is 30.3 Å². The van der Waals surface area contributed by atoms with Gasteiger partial charge in [-0.15, -0.1) is 0 Å². The molecule has 0 aromatic heterocycles. The molecule has 1 aliphatic heterocycles. The molecule has 1 aliphatic rings. The normalized spacial score (nSPS) is 19.1. The fourth-order valence-electron chi connectivity index (χ4n) is 2.69. The molecule has 2 nitrogen and oxygen atoms in total. The van der Waals surface area contributed by atoms with Crippen LogP contribution in [0.25, 0.3) is 0 Å². The average molecular weight is 232 g/mol. The first-order valence-corrected chi connectivity index (χ1v) is 6.86. The Morgan fingerprint density at radius 3 is 2.59 bits per heavy atom. The van der Waals surface area contributed by atoms with Gasteiger partial charge in [-0.05, 0) is 56.7 Å². The van der Waals surface area contributed by atoms with Gasteiger partial charge in [0.25, 0.3) is 0 Å². The molecular weight excluding hydrogens is 208 g/mol. The summed E-state index contributed by atoms with van der Waals surface area (Å²) in [4.78, 5) is 0. The van der Waals surface area contributed by atoms with Gasteiger partial charge in [0.05, 0.1) is 0 Å². The third kappa shape index (κ3) is 4.14. The van der Waals surface area contributed by atoms with E-state index in [1.165, 1.54) is 37.7 Å². The van der Waals surface area contributed by atoms with Crippen LogP contribution in [0, 0.1) is 5.92 Å². The van der Waals surface area contributed by atoms with Gasteiger partial charge >= 0.3 is 0 Å². The molecule has 3 N–H and O–H groups in total. The second kappa shape index (κ2) is 6.77. The number of nitrogens with two attached hydrogens (primary N) is 1. The van der Waals surface area contributed by atoms with E-state index in [0.29, 0.717) is 6.04 Å². The van der Waals surface area contributed by atoms with Gasteiger partial charge in [0.15, 0.2) is 0 Å². The van der Waals surface area contributed by atoms with Crippen LogP contribution in [0.5, 0.6) is 0 Å². The smallest absolute Gasteiger partial charge is 0.00682 e. The molecule has 0 bridgehead atoms. The third-order valence-corrected chi connectivity index (χ3v) is 3.84. The van der Waals surface area contributed by atoms with Gasteiger partial charge < -0.3 is 11.1 Å². The lowest BCUT2D eigenvalue weighted by atomic mass is 9.87. The zero-order chi connectivity index (χ0) is 11.9. The number of nitrogens with one attached hydrogen (secondary N) is 1. The number of hydrogen-bond donors (Lipinski definition) is 2. The Morgan fingerprint density at radius 2 is 1.88 bits per heavy atom. The standard InChI is InChI=1S/C15H24N2/c16-15(14-9-11-17-12-10-14)8-4-7-13-5-2-1-3-6-13/h1-3,5-6,14-15,17H,4,7-12,16H2. The molecule has 1 unspecified atom stereocenters. The summed E-state index contributed by atoms with van der Waals surface area (Å²) in [6, 6.07) is 11.1. The maximum atomic E-state index is 6.28. The highest BCUT2D eigenvalue weighted by Crippen LogP contribution is 2.18. The molecule has 0 spiro atoms. The van der Waals surface area contributed by atoms with Crippen LogP contribution in [0.4, 0.5) is 0 Å². The molecule has 2 heteroatoms. The van der Waals surface area contributed by atoms with Crippen molar-refractivity contribution in [2.75, 3.05) is 13.1 Å². The Morgan fingerprint density at radius 1 is 1.18 bits per heavy atom. The van der Waals surface area contributed by atoms with E-state index in [0.717, 1.165) is 19.0 Å². The van der Waals surface area contributed by atoms with E-state index in [1.807, 2.05) is 0 Å². The summed E-state index contributed by atoms with van der Waals surface area (Å²) in [7, 11) is 0. The number of aryl methyl sites for hydroxylation is 1. The molecule has 1 aromatic rings. The zero-order valence-electron chi connectivity index (χ0n) is 10.6. The van der Waals surface area contributed by atoms with Crippen molar-refractivity contribution >= 4 is 0 Å². The molecule has 0 saturated carbocycles. The van der Waals surface area contributed by atoms with Crippen LogP contribution in [-0.2, 0) is 6.42 Å². The Kier molecular flexibility index (Phi) is 5.02. The van der Waals surface area contributed by atoms with Crippen LogP contribution in [0.3, 0.4) is 0 Å². The Labute approximate surface area is 105 Å². The minimum Gasteiger partial charge on any atom is -0.327 e. The molecule has 0 radical (unpaired) electrons. The SMILES string of the molecule is NC(CCCc1ccccc1)C1CCNCC1. The van der Waals surface area contributed by atoms with E-state index in [4.69, 9.17) is 5.73 Å². The van der Waals surface area contributed by atoms with Gasteiger partial charge in [-0.3, -0.25) is 0 Å². The highest BCUT2D eigenvalue weighted by molar-refractivity contribution is 5.14. The third-order valence-electron chi connectivity index (χ3n) is 3.84. The predicted molar refractivity (Wildman–Crippen MR) is 72.9 cm³/mol. The van der Waals surface area contributed by atoms with E-state index in [-0.39, 0.29) is 0 Å². The molecule has 94 valence electrons. The first-order valence-electron chi connectivity index (χ1n) is 6.86. The van der Waals surface area contributed by atoms with E-state index in [2.05, 4.69) is 35.6 Å². The monoisotopic (exact) mass is 232 g/mol. The van der Waals surface area contributed by atoms with Gasteiger partial charge in [-0.25, -0.2) is 0 Å². The van der Waals surface area contributed by atoms with Crippen LogP contribution in [0.1, 0.15) is 31.2 Å². The topological polar surface area (TPSA) is 38.0 Å². The van der Waals surface area contributed by atoms with Crippen molar-refractivity contribution in [3.8, 4) is 0 Å². The lowest BCUT2D eigenvalue weighted by molar-refractivity contribution is 0.304. The number of piperidine rings is 1.